The van der Waals surface area contributed by atoms with Crippen molar-refractivity contribution in [2.75, 3.05) is 0 Å². The van der Waals surface area contributed by atoms with Crippen molar-refractivity contribution < 1.29 is 0 Å². The van der Waals surface area contributed by atoms with Crippen LogP contribution in [-0.4, -0.2) is 24.1 Å². The van der Waals surface area contributed by atoms with Crippen LogP contribution in [0.15, 0.2) is 140 Å². The molecule has 3 aromatic heterocycles. The molecule has 2 unspecified atom stereocenters. The van der Waals surface area contributed by atoms with E-state index >= 15 is 0 Å². The number of nitriles is 1. The summed E-state index contributed by atoms with van der Waals surface area (Å²) in [6.07, 6.45) is 7.14. The number of hydrogen-bond donors (Lipinski definition) is 0. The Balaban J connectivity index is 1.19. The van der Waals surface area contributed by atoms with Crippen LogP contribution < -0.4 is 0 Å². The molecule has 2 aliphatic carbocycles. The first kappa shape index (κ1) is 32.8. The fourth-order valence-electron chi connectivity index (χ4n) is 10.4. The summed E-state index contributed by atoms with van der Waals surface area (Å²) in [5, 5.41) is 15.1. The number of fused-ring (bicyclic) bond motifs is 8. The van der Waals surface area contributed by atoms with Gasteiger partial charge in [-0.25, -0.2) is 15.0 Å². The summed E-state index contributed by atoms with van der Waals surface area (Å²) in [5.41, 5.74) is 8.79. The molecule has 2 atom stereocenters. The van der Waals surface area contributed by atoms with Gasteiger partial charge in [-0.2, -0.15) is 5.26 Å². The zero-order valence-electron chi connectivity index (χ0n) is 31.4. The van der Waals surface area contributed by atoms with Gasteiger partial charge in [0.1, 0.15) is 5.82 Å². The molecule has 2 fully saturated rings. The zero-order chi connectivity index (χ0) is 37.4. The molecule has 6 aromatic carbocycles. The van der Waals surface area contributed by atoms with Gasteiger partial charge < -0.3 is 9.13 Å². The maximum absolute atomic E-state index is 10.3. The molecule has 0 amide bonds. The van der Waals surface area contributed by atoms with Crippen molar-refractivity contribution >= 4 is 43.6 Å². The Labute approximate surface area is 325 Å². The molecule has 9 aromatic rings. The Morgan fingerprint density at radius 2 is 1.20 bits per heavy atom. The molecular weight excluding hydrogens is 685 g/mol. The molecule has 2 aliphatic rings. The molecule has 11 rings (SSSR count). The largest absolute Gasteiger partial charge is 0.309 e. The molecule has 0 aliphatic heterocycles. The third-order valence-corrected chi connectivity index (χ3v) is 12.9. The van der Waals surface area contributed by atoms with E-state index in [1.165, 1.54) is 41.1 Å². The average Bonchev–Trinajstić information content (AvgIpc) is 3.91. The lowest BCUT2D eigenvalue weighted by molar-refractivity contribution is 0.196. The van der Waals surface area contributed by atoms with Crippen molar-refractivity contribution in [3.63, 3.8) is 0 Å². The Hall–Kier alpha value is -6.58. The highest BCUT2D eigenvalue weighted by Gasteiger charge is 2.46. The Bertz CT molecular complexity index is 2970. The molecule has 56 heavy (non-hydrogen) atoms. The smallest absolute Gasteiger partial charge is 0.165 e. The van der Waals surface area contributed by atoms with Gasteiger partial charge in [0.2, 0.25) is 0 Å². The standard InChI is InChI=1S/C50H40N6/c1-2-50(29-32-23-24-33(27-32)30-50)49-53-47(35-13-4-3-5-14-35)52-48(54-49)39-28-34(31-51)25-26-43(39)56-42-20-11-8-17-38(42)46-44(21-12-22-45(46)56)55-40-18-9-6-15-36(40)37-16-7-10-19-41(37)55/h3-22,25-26,28,32-33H,2,23-24,27,29-30H2,1H3. The van der Waals surface area contributed by atoms with E-state index in [-0.39, 0.29) is 5.41 Å². The predicted octanol–water partition coefficient (Wildman–Crippen LogP) is 12.1. The summed E-state index contributed by atoms with van der Waals surface area (Å²) in [6.45, 7) is 2.31. The van der Waals surface area contributed by atoms with Gasteiger partial charge in [-0.15, -0.1) is 0 Å². The average molecular weight is 725 g/mol. The number of aromatic nitrogens is 5. The topological polar surface area (TPSA) is 72.3 Å². The van der Waals surface area contributed by atoms with Crippen LogP contribution in [0, 0.1) is 23.2 Å². The van der Waals surface area contributed by atoms with Crippen LogP contribution in [0.5, 0.6) is 0 Å². The van der Waals surface area contributed by atoms with Crippen LogP contribution in [0.3, 0.4) is 0 Å². The maximum atomic E-state index is 10.3. The lowest BCUT2D eigenvalue weighted by Crippen LogP contribution is -2.35. The van der Waals surface area contributed by atoms with Gasteiger partial charge in [-0.1, -0.05) is 111 Å². The lowest BCUT2D eigenvalue weighted by Gasteiger charge is -2.39. The first-order valence-corrected chi connectivity index (χ1v) is 20.0. The molecular formula is C50H40N6. The van der Waals surface area contributed by atoms with Crippen LogP contribution in [0.1, 0.15) is 56.8 Å². The van der Waals surface area contributed by atoms with E-state index in [2.05, 4.69) is 131 Å². The van der Waals surface area contributed by atoms with Crippen molar-refractivity contribution in [1.82, 2.24) is 24.1 Å². The van der Waals surface area contributed by atoms with Crippen LogP contribution in [0.2, 0.25) is 0 Å². The van der Waals surface area contributed by atoms with Crippen molar-refractivity contribution in [3.8, 4) is 40.2 Å². The number of para-hydroxylation sites is 3. The second-order valence-corrected chi connectivity index (χ2v) is 16.0. The minimum atomic E-state index is -0.109. The molecule has 0 spiro atoms. The highest BCUT2D eigenvalue weighted by atomic mass is 15.1. The number of benzene rings is 6. The summed E-state index contributed by atoms with van der Waals surface area (Å²) in [6, 6.07) is 51.3. The normalized spacial score (nSPS) is 19.3. The summed E-state index contributed by atoms with van der Waals surface area (Å²) < 4.78 is 4.76. The molecule has 0 saturated heterocycles. The first-order chi connectivity index (χ1) is 27.6. The summed E-state index contributed by atoms with van der Waals surface area (Å²) >= 11 is 0. The van der Waals surface area contributed by atoms with Gasteiger partial charge in [0.15, 0.2) is 11.6 Å². The van der Waals surface area contributed by atoms with Crippen LogP contribution in [0.4, 0.5) is 0 Å². The number of rotatable bonds is 6. The molecule has 0 radical (unpaired) electrons. The third kappa shape index (κ3) is 4.97. The van der Waals surface area contributed by atoms with Crippen molar-refractivity contribution in [3.05, 3.63) is 151 Å². The predicted molar refractivity (Wildman–Crippen MR) is 226 cm³/mol. The van der Waals surface area contributed by atoms with E-state index in [9.17, 15) is 5.26 Å². The quantitative estimate of drug-likeness (QED) is 0.171. The van der Waals surface area contributed by atoms with Gasteiger partial charge in [0.25, 0.3) is 0 Å². The lowest BCUT2D eigenvalue weighted by atomic mass is 9.67. The van der Waals surface area contributed by atoms with E-state index < -0.39 is 0 Å². The van der Waals surface area contributed by atoms with E-state index in [1.807, 2.05) is 30.3 Å². The van der Waals surface area contributed by atoms with Gasteiger partial charge >= 0.3 is 0 Å². The Morgan fingerprint density at radius 1 is 0.607 bits per heavy atom. The SMILES string of the molecule is CCC1(c2nc(-c3ccccc3)nc(-c3cc(C#N)ccc3-n3c4ccccc4c4c(-n5c6ccccc6c6ccccc65)cccc43)n2)CC2CCC(C2)C1. The molecule has 2 bridgehead atoms. The van der Waals surface area contributed by atoms with E-state index in [0.29, 0.717) is 29.0 Å². The van der Waals surface area contributed by atoms with Crippen molar-refractivity contribution in [1.29, 1.82) is 5.26 Å². The monoisotopic (exact) mass is 724 g/mol. The fraction of sp³-hybridized carbons (Fsp3) is 0.200. The number of nitrogens with zero attached hydrogens (tertiary/aromatic N) is 6. The first-order valence-electron chi connectivity index (χ1n) is 20.0. The van der Waals surface area contributed by atoms with Crippen LogP contribution in [-0.2, 0) is 5.41 Å². The molecule has 6 heteroatoms. The molecule has 270 valence electrons. The Morgan fingerprint density at radius 3 is 1.88 bits per heavy atom. The summed E-state index contributed by atoms with van der Waals surface area (Å²) in [7, 11) is 0. The van der Waals surface area contributed by atoms with Crippen molar-refractivity contribution in [2.24, 2.45) is 11.8 Å². The molecule has 2 saturated carbocycles. The molecule has 6 nitrogen and oxygen atoms in total. The van der Waals surface area contributed by atoms with Crippen LogP contribution in [0.25, 0.3) is 77.8 Å². The van der Waals surface area contributed by atoms with E-state index in [4.69, 9.17) is 15.0 Å². The van der Waals surface area contributed by atoms with Gasteiger partial charge in [0, 0.05) is 38.1 Å². The van der Waals surface area contributed by atoms with Crippen LogP contribution >= 0.6 is 0 Å². The van der Waals surface area contributed by atoms with Crippen molar-refractivity contribution in [2.45, 2.75) is 50.9 Å². The van der Waals surface area contributed by atoms with E-state index in [0.717, 1.165) is 69.4 Å². The second-order valence-electron chi connectivity index (χ2n) is 16.0. The number of hydrogen-bond acceptors (Lipinski definition) is 4. The highest BCUT2D eigenvalue weighted by Crippen LogP contribution is 2.53. The van der Waals surface area contributed by atoms with Gasteiger partial charge in [0.05, 0.1) is 45.1 Å². The van der Waals surface area contributed by atoms with E-state index in [1.54, 1.807) is 0 Å². The fourth-order valence-corrected chi connectivity index (χ4v) is 10.4. The zero-order valence-corrected chi connectivity index (χ0v) is 31.4. The van der Waals surface area contributed by atoms with Gasteiger partial charge in [-0.3, -0.25) is 0 Å². The minimum absolute atomic E-state index is 0.109. The minimum Gasteiger partial charge on any atom is -0.309 e. The molecule has 3 heterocycles. The second kappa shape index (κ2) is 12.7. The molecule has 0 N–H and O–H groups in total. The summed E-state index contributed by atoms with van der Waals surface area (Å²) in [4.78, 5) is 16.1. The highest BCUT2D eigenvalue weighted by molar-refractivity contribution is 6.16. The third-order valence-electron chi connectivity index (χ3n) is 12.9. The maximum Gasteiger partial charge on any atom is 0.165 e. The summed E-state index contributed by atoms with van der Waals surface area (Å²) in [5.74, 6) is 3.61. The Kier molecular flexibility index (Phi) is 7.47. The van der Waals surface area contributed by atoms with Gasteiger partial charge in [-0.05, 0) is 86.1 Å².